The van der Waals surface area contributed by atoms with Crippen LogP contribution in [0.4, 0.5) is 0 Å². The second-order valence-electron chi connectivity index (χ2n) is 5.97. The summed E-state index contributed by atoms with van der Waals surface area (Å²) in [6, 6.07) is 4.69. The third-order valence-corrected chi connectivity index (χ3v) is 5.81. The molecule has 5 nitrogen and oxygen atoms in total. The van der Waals surface area contributed by atoms with E-state index in [1.807, 2.05) is 13.1 Å². The van der Waals surface area contributed by atoms with Crippen LogP contribution in [0.3, 0.4) is 0 Å². The molecule has 1 N–H and O–H groups in total. The van der Waals surface area contributed by atoms with Gasteiger partial charge in [0, 0.05) is 50.7 Å². The van der Waals surface area contributed by atoms with Gasteiger partial charge >= 0.3 is 0 Å². The molecule has 3 heterocycles. The van der Waals surface area contributed by atoms with E-state index in [0.717, 1.165) is 62.7 Å². The van der Waals surface area contributed by atoms with Gasteiger partial charge in [0.1, 0.15) is 0 Å². The zero-order valence-corrected chi connectivity index (χ0v) is 17.9. The van der Waals surface area contributed by atoms with E-state index in [-0.39, 0.29) is 24.0 Å². The normalized spacial score (nSPS) is 22.5. The Labute approximate surface area is 170 Å². The molecule has 0 aliphatic carbocycles. The standard InChI is InChI=1S/C16H25ClN4OS.HI/c1-18-16(19-6-4-14-2-3-15(17)23-14)21-7-5-13(12-21)20-8-10-22-11-9-20;/h2-3,13H,4-12H2,1H3,(H,18,19);1H. The van der Waals surface area contributed by atoms with E-state index in [4.69, 9.17) is 16.3 Å². The molecular formula is C16H26ClIN4OS. The van der Waals surface area contributed by atoms with Gasteiger partial charge in [0.15, 0.2) is 5.96 Å². The zero-order chi connectivity index (χ0) is 16.1. The molecule has 2 aliphatic rings. The maximum Gasteiger partial charge on any atom is 0.193 e. The fraction of sp³-hybridized carbons (Fsp3) is 0.688. The summed E-state index contributed by atoms with van der Waals surface area (Å²) in [7, 11) is 1.87. The van der Waals surface area contributed by atoms with Crippen molar-refractivity contribution < 1.29 is 4.74 Å². The fourth-order valence-corrected chi connectivity index (χ4v) is 4.38. The number of nitrogens with zero attached hydrogens (tertiary/aromatic N) is 3. The molecule has 0 saturated carbocycles. The van der Waals surface area contributed by atoms with Crippen molar-refractivity contribution in [3.05, 3.63) is 21.3 Å². The molecule has 136 valence electrons. The molecule has 24 heavy (non-hydrogen) atoms. The Morgan fingerprint density at radius 1 is 1.38 bits per heavy atom. The van der Waals surface area contributed by atoms with Gasteiger partial charge in [-0.1, -0.05) is 11.6 Å². The lowest BCUT2D eigenvalue weighted by Crippen LogP contribution is -2.46. The molecule has 1 unspecified atom stereocenters. The van der Waals surface area contributed by atoms with Crippen molar-refractivity contribution in [2.24, 2.45) is 4.99 Å². The van der Waals surface area contributed by atoms with Gasteiger partial charge in [0.25, 0.3) is 0 Å². The molecule has 0 aromatic carbocycles. The van der Waals surface area contributed by atoms with E-state index in [1.54, 1.807) is 11.3 Å². The number of aliphatic imine (C=N–C) groups is 1. The lowest BCUT2D eigenvalue weighted by Gasteiger charge is -2.32. The summed E-state index contributed by atoms with van der Waals surface area (Å²) in [5.74, 6) is 1.02. The molecular weight excluding hydrogens is 459 g/mol. The summed E-state index contributed by atoms with van der Waals surface area (Å²) in [5.41, 5.74) is 0. The van der Waals surface area contributed by atoms with Gasteiger partial charge in [-0.25, -0.2) is 0 Å². The average molecular weight is 485 g/mol. The molecule has 2 fully saturated rings. The van der Waals surface area contributed by atoms with Crippen molar-refractivity contribution in [1.82, 2.24) is 15.1 Å². The lowest BCUT2D eigenvalue weighted by atomic mass is 10.2. The summed E-state index contributed by atoms with van der Waals surface area (Å²) in [6.45, 7) is 6.88. The molecule has 0 bridgehead atoms. The van der Waals surface area contributed by atoms with Crippen LogP contribution in [0.1, 0.15) is 11.3 Å². The molecule has 0 radical (unpaired) electrons. The molecule has 0 amide bonds. The third kappa shape index (κ3) is 5.45. The first kappa shape index (κ1) is 20.2. The Bertz CT molecular complexity index is 536. The van der Waals surface area contributed by atoms with E-state index in [9.17, 15) is 0 Å². The van der Waals surface area contributed by atoms with Crippen molar-refractivity contribution in [3.63, 3.8) is 0 Å². The molecule has 2 aliphatic heterocycles. The van der Waals surface area contributed by atoms with Crippen LogP contribution in [0.15, 0.2) is 17.1 Å². The van der Waals surface area contributed by atoms with Crippen LogP contribution in [0.5, 0.6) is 0 Å². The van der Waals surface area contributed by atoms with Crippen molar-refractivity contribution in [2.45, 2.75) is 18.9 Å². The van der Waals surface area contributed by atoms with E-state index >= 15 is 0 Å². The van der Waals surface area contributed by atoms with Gasteiger partial charge in [0.2, 0.25) is 0 Å². The number of thiophene rings is 1. The van der Waals surface area contributed by atoms with Gasteiger partial charge in [-0.2, -0.15) is 0 Å². The number of nitrogens with one attached hydrogen (secondary N) is 1. The van der Waals surface area contributed by atoms with Crippen LogP contribution in [-0.2, 0) is 11.2 Å². The summed E-state index contributed by atoms with van der Waals surface area (Å²) < 4.78 is 6.31. The molecule has 3 rings (SSSR count). The summed E-state index contributed by atoms with van der Waals surface area (Å²) in [5, 5.41) is 3.49. The molecule has 0 spiro atoms. The minimum Gasteiger partial charge on any atom is -0.379 e. The largest absolute Gasteiger partial charge is 0.379 e. The van der Waals surface area contributed by atoms with Gasteiger partial charge in [-0.15, -0.1) is 35.3 Å². The Balaban J connectivity index is 0.00000208. The SMILES string of the molecule is CN=C(NCCc1ccc(Cl)s1)N1CCC(N2CCOCC2)C1.I. The van der Waals surface area contributed by atoms with Crippen LogP contribution >= 0.6 is 46.9 Å². The average Bonchev–Trinajstić information content (AvgIpc) is 3.22. The van der Waals surface area contributed by atoms with E-state index in [2.05, 4.69) is 26.2 Å². The van der Waals surface area contributed by atoms with E-state index in [0.29, 0.717) is 6.04 Å². The van der Waals surface area contributed by atoms with Crippen molar-refractivity contribution in [1.29, 1.82) is 0 Å². The maximum absolute atomic E-state index is 5.98. The van der Waals surface area contributed by atoms with Crippen LogP contribution in [0.25, 0.3) is 0 Å². The first-order chi connectivity index (χ1) is 11.3. The Morgan fingerprint density at radius 3 is 2.83 bits per heavy atom. The number of ether oxygens (including phenoxy) is 1. The van der Waals surface area contributed by atoms with Gasteiger partial charge in [-0.3, -0.25) is 9.89 Å². The smallest absolute Gasteiger partial charge is 0.193 e. The van der Waals surface area contributed by atoms with Crippen LogP contribution < -0.4 is 5.32 Å². The number of likely N-dealkylation sites (tertiary alicyclic amines) is 1. The fourth-order valence-electron chi connectivity index (χ4n) is 3.29. The number of guanidine groups is 1. The Morgan fingerprint density at radius 2 is 2.17 bits per heavy atom. The number of rotatable bonds is 4. The predicted octanol–water partition coefficient (Wildman–Crippen LogP) is 2.54. The van der Waals surface area contributed by atoms with Gasteiger partial charge in [-0.05, 0) is 25.0 Å². The first-order valence-corrected chi connectivity index (χ1v) is 9.47. The quantitative estimate of drug-likeness (QED) is 0.405. The summed E-state index contributed by atoms with van der Waals surface area (Å²) in [6.07, 6.45) is 2.19. The second-order valence-corrected chi connectivity index (χ2v) is 7.77. The highest BCUT2D eigenvalue weighted by molar-refractivity contribution is 14.0. The van der Waals surface area contributed by atoms with Crippen LogP contribution in [0.2, 0.25) is 4.34 Å². The lowest BCUT2D eigenvalue weighted by molar-refractivity contribution is 0.0195. The maximum atomic E-state index is 5.98. The Hall–Kier alpha value is -0.0900. The highest BCUT2D eigenvalue weighted by Crippen LogP contribution is 2.21. The molecule has 8 heteroatoms. The predicted molar refractivity (Wildman–Crippen MR) is 112 cm³/mol. The van der Waals surface area contributed by atoms with E-state index in [1.165, 1.54) is 11.3 Å². The summed E-state index contributed by atoms with van der Waals surface area (Å²) in [4.78, 5) is 10.7. The van der Waals surface area contributed by atoms with Crippen LogP contribution in [0, 0.1) is 0 Å². The molecule has 2 saturated heterocycles. The zero-order valence-electron chi connectivity index (χ0n) is 14.0. The number of hydrogen-bond donors (Lipinski definition) is 1. The molecule has 1 aromatic heterocycles. The number of halogens is 2. The Kier molecular flexibility index (Phi) is 8.56. The highest BCUT2D eigenvalue weighted by atomic mass is 127. The molecule has 1 atom stereocenters. The summed E-state index contributed by atoms with van der Waals surface area (Å²) >= 11 is 7.63. The van der Waals surface area contributed by atoms with E-state index < -0.39 is 0 Å². The van der Waals surface area contributed by atoms with Crippen LogP contribution in [-0.4, -0.2) is 74.8 Å². The number of morpholine rings is 1. The minimum absolute atomic E-state index is 0. The third-order valence-electron chi connectivity index (χ3n) is 4.52. The van der Waals surface area contributed by atoms with Gasteiger partial charge in [0.05, 0.1) is 17.6 Å². The second kappa shape index (κ2) is 10.2. The highest BCUT2D eigenvalue weighted by Gasteiger charge is 2.30. The van der Waals surface area contributed by atoms with Crippen molar-refractivity contribution in [2.75, 3.05) is 53.0 Å². The monoisotopic (exact) mass is 484 g/mol. The number of hydrogen-bond acceptors (Lipinski definition) is 4. The minimum atomic E-state index is 0. The topological polar surface area (TPSA) is 40.1 Å². The molecule has 1 aromatic rings. The first-order valence-electron chi connectivity index (χ1n) is 8.28. The van der Waals surface area contributed by atoms with Crippen molar-refractivity contribution in [3.8, 4) is 0 Å². The van der Waals surface area contributed by atoms with Crippen molar-refractivity contribution >= 4 is 52.9 Å². The van der Waals surface area contributed by atoms with Gasteiger partial charge < -0.3 is 15.0 Å².